The van der Waals surface area contributed by atoms with Gasteiger partial charge in [-0.2, -0.15) is 0 Å². The van der Waals surface area contributed by atoms with Gasteiger partial charge in [0.2, 0.25) is 0 Å². The van der Waals surface area contributed by atoms with Gasteiger partial charge in [-0.15, -0.1) is 0 Å². The van der Waals surface area contributed by atoms with Crippen LogP contribution < -0.4 is 5.32 Å². The summed E-state index contributed by atoms with van der Waals surface area (Å²) in [5.74, 6) is 0. The molecule has 2 rings (SSSR count). The van der Waals surface area contributed by atoms with Gasteiger partial charge in [-0.3, -0.25) is 4.90 Å². The highest BCUT2D eigenvalue weighted by molar-refractivity contribution is 5.28. The number of nitrogens with one attached hydrogen (secondary N) is 1. The smallest absolute Gasteiger partial charge is 0.0826 e. The molecule has 3 nitrogen and oxygen atoms in total. The van der Waals surface area contributed by atoms with Crippen LogP contribution in [0.2, 0.25) is 0 Å². The summed E-state index contributed by atoms with van der Waals surface area (Å²) in [5, 5.41) is 3.60. The summed E-state index contributed by atoms with van der Waals surface area (Å²) >= 11 is 0. The maximum Gasteiger partial charge on any atom is 0.0826 e. The first-order chi connectivity index (χ1) is 9.20. The second-order valence-corrected chi connectivity index (χ2v) is 5.37. The SMILES string of the molecule is CCN1CCOC(CN[C@H](C)c2ccccc2C)C1. The van der Waals surface area contributed by atoms with Crippen LogP contribution in [0.4, 0.5) is 0 Å². The number of nitrogens with zero attached hydrogens (tertiary/aromatic N) is 1. The largest absolute Gasteiger partial charge is 0.374 e. The highest BCUT2D eigenvalue weighted by Crippen LogP contribution is 2.16. The summed E-state index contributed by atoms with van der Waals surface area (Å²) in [5.41, 5.74) is 2.73. The van der Waals surface area contributed by atoms with E-state index in [9.17, 15) is 0 Å². The van der Waals surface area contributed by atoms with E-state index in [1.165, 1.54) is 11.1 Å². The van der Waals surface area contributed by atoms with Crippen molar-refractivity contribution in [1.29, 1.82) is 0 Å². The molecule has 0 spiro atoms. The molecule has 1 saturated heterocycles. The van der Waals surface area contributed by atoms with Crippen LogP contribution in [0.1, 0.15) is 31.0 Å². The molecule has 2 atom stereocenters. The maximum absolute atomic E-state index is 5.82. The van der Waals surface area contributed by atoms with Gasteiger partial charge in [-0.05, 0) is 31.5 Å². The lowest BCUT2D eigenvalue weighted by Crippen LogP contribution is -2.46. The van der Waals surface area contributed by atoms with Crippen LogP contribution in [0.5, 0.6) is 0 Å². The van der Waals surface area contributed by atoms with E-state index < -0.39 is 0 Å². The quantitative estimate of drug-likeness (QED) is 0.881. The van der Waals surface area contributed by atoms with Crippen molar-refractivity contribution in [2.75, 3.05) is 32.8 Å². The van der Waals surface area contributed by atoms with Gasteiger partial charge < -0.3 is 10.1 Å². The Labute approximate surface area is 116 Å². The summed E-state index contributed by atoms with van der Waals surface area (Å²) in [6.45, 7) is 11.6. The van der Waals surface area contributed by atoms with E-state index in [0.29, 0.717) is 12.1 Å². The van der Waals surface area contributed by atoms with E-state index in [1.807, 2.05) is 0 Å². The first-order valence-corrected chi connectivity index (χ1v) is 7.33. The average molecular weight is 262 g/mol. The number of likely N-dealkylation sites (N-methyl/N-ethyl adjacent to an activating group) is 1. The molecule has 1 aromatic carbocycles. The number of morpholine rings is 1. The third-order valence-corrected chi connectivity index (χ3v) is 3.98. The molecule has 0 radical (unpaired) electrons. The van der Waals surface area contributed by atoms with Gasteiger partial charge in [0.25, 0.3) is 0 Å². The molecule has 1 unspecified atom stereocenters. The van der Waals surface area contributed by atoms with Crippen molar-refractivity contribution < 1.29 is 4.74 Å². The van der Waals surface area contributed by atoms with E-state index in [-0.39, 0.29) is 0 Å². The molecular weight excluding hydrogens is 236 g/mol. The average Bonchev–Trinajstić information content (AvgIpc) is 2.45. The Morgan fingerprint density at radius 1 is 1.42 bits per heavy atom. The molecular formula is C16H26N2O. The van der Waals surface area contributed by atoms with Crippen molar-refractivity contribution >= 4 is 0 Å². The summed E-state index contributed by atoms with van der Waals surface area (Å²) in [6, 6.07) is 8.95. The maximum atomic E-state index is 5.82. The summed E-state index contributed by atoms with van der Waals surface area (Å²) < 4.78 is 5.82. The molecule has 0 aliphatic carbocycles. The lowest BCUT2D eigenvalue weighted by Gasteiger charge is -2.33. The molecule has 3 heteroatoms. The molecule has 1 aromatic rings. The Hall–Kier alpha value is -0.900. The Kier molecular flexibility index (Phi) is 5.37. The van der Waals surface area contributed by atoms with Gasteiger partial charge in [-0.25, -0.2) is 0 Å². The standard InChI is InChI=1S/C16H26N2O/c1-4-18-9-10-19-15(12-18)11-17-14(3)16-8-6-5-7-13(16)2/h5-8,14-15,17H,4,9-12H2,1-3H3/t14-,15?/m1/s1. The number of benzene rings is 1. The van der Waals surface area contributed by atoms with Gasteiger partial charge in [0.1, 0.15) is 0 Å². The minimum Gasteiger partial charge on any atom is -0.374 e. The summed E-state index contributed by atoms with van der Waals surface area (Å²) in [7, 11) is 0. The predicted octanol–water partition coefficient (Wildman–Crippen LogP) is 2.37. The molecule has 1 heterocycles. The Morgan fingerprint density at radius 3 is 2.95 bits per heavy atom. The Balaban J connectivity index is 1.83. The van der Waals surface area contributed by atoms with Crippen molar-refractivity contribution in [3.8, 4) is 0 Å². The van der Waals surface area contributed by atoms with E-state index in [4.69, 9.17) is 4.74 Å². The van der Waals surface area contributed by atoms with Crippen LogP contribution in [0.3, 0.4) is 0 Å². The van der Waals surface area contributed by atoms with Crippen LogP contribution in [-0.4, -0.2) is 43.8 Å². The zero-order valence-electron chi connectivity index (χ0n) is 12.4. The monoisotopic (exact) mass is 262 g/mol. The molecule has 19 heavy (non-hydrogen) atoms. The topological polar surface area (TPSA) is 24.5 Å². The van der Waals surface area contributed by atoms with Gasteiger partial charge >= 0.3 is 0 Å². The molecule has 0 aromatic heterocycles. The number of hydrogen-bond donors (Lipinski definition) is 1. The van der Waals surface area contributed by atoms with Crippen molar-refractivity contribution in [2.45, 2.75) is 32.9 Å². The summed E-state index contributed by atoms with van der Waals surface area (Å²) in [4.78, 5) is 2.45. The predicted molar refractivity (Wildman–Crippen MR) is 79.5 cm³/mol. The lowest BCUT2D eigenvalue weighted by molar-refractivity contribution is -0.0262. The normalized spacial score (nSPS) is 22.4. The number of hydrogen-bond acceptors (Lipinski definition) is 3. The van der Waals surface area contributed by atoms with Gasteiger partial charge in [0, 0.05) is 25.7 Å². The van der Waals surface area contributed by atoms with Crippen molar-refractivity contribution in [3.05, 3.63) is 35.4 Å². The van der Waals surface area contributed by atoms with E-state index >= 15 is 0 Å². The van der Waals surface area contributed by atoms with Crippen LogP contribution in [-0.2, 0) is 4.74 Å². The van der Waals surface area contributed by atoms with Crippen LogP contribution in [0.25, 0.3) is 0 Å². The molecule has 1 N–H and O–H groups in total. The molecule has 0 amide bonds. The van der Waals surface area contributed by atoms with Crippen molar-refractivity contribution in [1.82, 2.24) is 10.2 Å². The Morgan fingerprint density at radius 2 is 2.21 bits per heavy atom. The fourth-order valence-electron chi connectivity index (χ4n) is 2.68. The molecule has 0 saturated carbocycles. The van der Waals surface area contributed by atoms with E-state index in [0.717, 1.165) is 32.8 Å². The first-order valence-electron chi connectivity index (χ1n) is 7.33. The second kappa shape index (κ2) is 7.04. The van der Waals surface area contributed by atoms with E-state index in [2.05, 4.69) is 55.3 Å². The molecule has 0 bridgehead atoms. The summed E-state index contributed by atoms with van der Waals surface area (Å²) in [6.07, 6.45) is 0.320. The van der Waals surface area contributed by atoms with Crippen molar-refractivity contribution in [2.24, 2.45) is 0 Å². The fourth-order valence-corrected chi connectivity index (χ4v) is 2.68. The number of ether oxygens (including phenoxy) is 1. The van der Waals surface area contributed by atoms with Crippen LogP contribution >= 0.6 is 0 Å². The Bertz CT molecular complexity index is 394. The van der Waals surface area contributed by atoms with Gasteiger partial charge in [0.15, 0.2) is 0 Å². The minimum atomic E-state index is 0.320. The zero-order chi connectivity index (χ0) is 13.7. The second-order valence-electron chi connectivity index (χ2n) is 5.37. The van der Waals surface area contributed by atoms with Crippen LogP contribution in [0, 0.1) is 6.92 Å². The first kappa shape index (κ1) is 14.5. The molecule has 1 aliphatic rings. The third kappa shape index (κ3) is 4.03. The van der Waals surface area contributed by atoms with E-state index in [1.54, 1.807) is 0 Å². The molecule has 1 fully saturated rings. The fraction of sp³-hybridized carbons (Fsp3) is 0.625. The van der Waals surface area contributed by atoms with Crippen molar-refractivity contribution in [3.63, 3.8) is 0 Å². The highest BCUT2D eigenvalue weighted by atomic mass is 16.5. The zero-order valence-corrected chi connectivity index (χ0v) is 12.4. The molecule has 1 aliphatic heterocycles. The van der Waals surface area contributed by atoms with Gasteiger partial charge in [0.05, 0.1) is 12.7 Å². The number of rotatable bonds is 5. The minimum absolute atomic E-state index is 0.320. The third-order valence-electron chi connectivity index (χ3n) is 3.98. The lowest BCUT2D eigenvalue weighted by atomic mass is 10.0. The van der Waals surface area contributed by atoms with Crippen LogP contribution in [0.15, 0.2) is 24.3 Å². The highest BCUT2D eigenvalue weighted by Gasteiger charge is 2.19. The van der Waals surface area contributed by atoms with Gasteiger partial charge in [-0.1, -0.05) is 31.2 Å². The molecule has 106 valence electrons. The number of aryl methyl sites for hydroxylation is 1.